The molecular formula is C22H34Cl2N4O2. The van der Waals surface area contributed by atoms with Crippen molar-refractivity contribution in [1.29, 1.82) is 0 Å². The van der Waals surface area contributed by atoms with Crippen molar-refractivity contribution < 1.29 is 9.59 Å². The first-order chi connectivity index (χ1) is 13.5. The molecule has 0 radical (unpaired) electrons. The Hall–Kier alpha value is -1.37. The van der Waals surface area contributed by atoms with E-state index in [2.05, 4.69) is 10.3 Å². The number of fused-ring (bicyclic) bond motifs is 2. The average Bonchev–Trinajstić information content (AvgIpc) is 2.69. The number of rotatable bonds is 3. The molecule has 2 bridgehead atoms. The smallest absolute Gasteiger partial charge is 0.230 e. The van der Waals surface area contributed by atoms with E-state index in [1.807, 2.05) is 24.0 Å². The third-order valence-electron chi connectivity index (χ3n) is 7.03. The Morgan fingerprint density at radius 2 is 1.77 bits per heavy atom. The third-order valence-corrected chi connectivity index (χ3v) is 7.03. The summed E-state index contributed by atoms with van der Waals surface area (Å²) < 4.78 is 0. The number of nitrogens with one attached hydrogen (secondary N) is 1. The number of hydrogen-bond donors (Lipinski definition) is 2. The topological polar surface area (TPSA) is 88.3 Å². The van der Waals surface area contributed by atoms with Gasteiger partial charge in [-0.3, -0.25) is 9.59 Å². The number of aryl methyl sites for hydroxylation is 1. The largest absolute Gasteiger partial charge is 0.342 e. The van der Waals surface area contributed by atoms with E-state index in [0.717, 1.165) is 50.6 Å². The molecular weight excluding hydrogens is 423 g/mol. The maximum absolute atomic E-state index is 13.2. The molecule has 1 aromatic heterocycles. The molecule has 0 spiro atoms. The highest BCUT2D eigenvalue weighted by atomic mass is 35.5. The van der Waals surface area contributed by atoms with E-state index in [9.17, 15) is 9.59 Å². The first-order valence-electron chi connectivity index (χ1n) is 10.8. The fraction of sp³-hybridized carbons (Fsp3) is 0.682. The summed E-state index contributed by atoms with van der Waals surface area (Å²) in [6.07, 6.45) is 8.88. The maximum atomic E-state index is 13.2. The minimum absolute atomic E-state index is 0. The van der Waals surface area contributed by atoms with Gasteiger partial charge in [0.1, 0.15) is 5.82 Å². The van der Waals surface area contributed by atoms with Gasteiger partial charge < -0.3 is 16.0 Å². The molecule has 1 aliphatic heterocycles. The number of pyridine rings is 1. The number of nitrogens with zero attached hydrogens (tertiary/aromatic N) is 2. The predicted octanol–water partition coefficient (Wildman–Crippen LogP) is 3.56. The number of piperidine rings is 1. The van der Waals surface area contributed by atoms with Crippen LogP contribution in [0.4, 0.5) is 5.82 Å². The summed E-state index contributed by atoms with van der Waals surface area (Å²) in [5.74, 6) is 1.72. The van der Waals surface area contributed by atoms with Gasteiger partial charge in [-0.15, -0.1) is 24.8 Å². The molecule has 3 aliphatic rings. The lowest BCUT2D eigenvalue weighted by molar-refractivity contribution is -0.141. The molecule has 6 nitrogen and oxygen atoms in total. The third kappa shape index (κ3) is 5.45. The van der Waals surface area contributed by atoms with Crippen LogP contribution < -0.4 is 11.1 Å². The van der Waals surface area contributed by atoms with Crippen molar-refractivity contribution in [2.24, 2.45) is 29.4 Å². The molecule has 2 amide bonds. The van der Waals surface area contributed by atoms with Crippen LogP contribution in [0.5, 0.6) is 0 Å². The van der Waals surface area contributed by atoms with Crippen LogP contribution in [0.1, 0.15) is 50.5 Å². The van der Waals surface area contributed by atoms with Gasteiger partial charge in [-0.1, -0.05) is 12.5 Å². The maximum Gasteiger partial charge on any atom is 0.230 e. The number of hydrogen-bond acceptors (Lipinski definition) is 4. The van der Waals surface area contributed by atoms with Gasteiger partial charge in [-0.05, 0) is 68.9 Å². The van der Waals surface area contributed by atoms with Gasteiger partial charge in [0.05, 0.1) is 5.92 Å². The lowest BCUT2D eigenvalue weighted by Crippen LogP contribution is -2.51. The second-order valence-corrected chi connectivity index (χ2v) is 9.03. The van der Waals surface area contributed by atoms with Gasteiger partial charge in [0.2, 0.25) is 11.8 Å². The minimum Gasteiger partial charge on any atom is -0.342 e. The quantitative estimate of drug-likeness (QED) is 0.727. The molecule has 2 heterocycles. The number of carbonyl (C=O) groups is 2. The second-order valence-electron chi connectivity index (χ2n) is 9.03. The fourth-order valence-corrected chi connectivity index (χ4v) is 5.41. The lowest BCUT2D eigenvalue weighted by atomic mass is 9.65. The Morgan fingerprint density at radius 3 is 2.40 bits per heavy atom. The number of nitrogens with two attached hydrogens (primary N) is 1. The van der Waals surface area contributed by atoms with Crippen LogP contribution in [0.15, 0.2) is 18.3 Å². The van der Waals surface area contributed by atoms with E-state index in [0.29, 0.717) is 24.2 Å². The van der Waals surface area contributed by atoms with Gasteiger partial charge in [-0.25, -0.2) is 4.98 Å². The summed E-state index contributed by atoms with van der Waals surface area (Å²) >= 11 is 0. The lowest BCUT2D eigenvalue weighted by Gasteiger charge is -2.45. The summed E-state index contributed by atoms with van der Waals surface area (Å²) in [6.45, 7) is 3.26. The molecule has 4 rings (SSSR count). The Bertz CT molecular complexity index is 716. The first-order valence-corrected chi connectivity index (χ1v) is 10.8. The molecule has 0 aromatic carbocycles. The number of amides is 2. The van der Waals surface area contributed by atoms with Crippen molar-refractivity contribution in [1.82, 2.24) is 9.88 Å². The number of likely N-dealkylation sites (tertiary alicyclic amines) is 1. The van der Waals surface area contributed by atoms with Crippen LogP contribution in [0.2, 0.25) is 0 Å². The molecule has 3 atom stereocenters. The average molecular weight is 457 g/mol. The molecule has 3 N–H and O–H groups in total. The van der Waals surface area contributed by atoms with Crippen LogP contribution in [0.25, 0.3) is 0 Å². The zero-order chi connectivity index (χ0) is 19.7. The van der Waals surface area contributed by atoms with Crippen LogP contribution >= 0.6 is 24.8 Å². The molecule has 2 aliphatic carbocycles. The van der Waals surface area contributed by atoms with Crippen molar-refractivity contribution in [2.45, 2.75) is 57.9 Å². The number of carbonyl (C=O) groups excluding carboxylic acids is 2. The van der Waals surface area contributed by atoms with Crippen molar-refractivity contribution in [3.8, 4) is 0 Å². The van der Waals surface area contributed by atoms with Crippen molar-refractivity contribution in [2.75, 3.05) is 18.4 Å². The second kappa shape index (κ2) is 10.8. The van der Waals surface area contributed by atoms with Crippen molar-refractivity contribution in [3.63, 3.8) is 0 Å². The zero-order valence-corrected chi connectivity index (χ0v) is 19.2. The Balaban J connectivity index is 0.00000160. The highest BCUT2D eigenvalue weighted by Gasteiger charge is 2.42. The highest BCUT2D eigenvalue weighted by molar-refractivity contribution is 5.92. The minimum atomic E-state index is -0.161. The normalized spacial score (nSPS) is 30.5. The number of halogens is 2. The summed E-state index contributed by atoms with van der Waals surface area (Å²) in [4.78, 5) is 32.1. The molecule has 2 saturated carbocycles. The molecule has 3 fully saturated rings. The predicted molar refractivity (Wildman–Crippen MR) is 123 cm³/mol. The highest BCUT2D eigenvalue weighted by Crippen LogP contribution is 2.42. The summed E-state index contributed by atoms with van der Waals surface area (Å²) in [5, 5.41) is 2.91. The van der Waals surface area contributed by atoms with E-state index in [1.54, 1.807) is 6.20 Å². The number of aromatic nitrogens is 1. The van der Waals surface area contributed by atoms with Gasteiger partial charge in [-0.2, -0.15) is 0 Å². The molecule has 3 unspecified atom stereocenters. The van der Waals surface area contributed by atoms with E-state index in [1.165, 1.54) is 6.42 Å². The SMILES string of the molecule is Cc1ccc(NC(=O)C2CCCN(C(=O)C3CC4CCCC(C3)C4N)C2)nc1.Cl.Cl. The zero-order valence-electron chi connectivity index (χ0n) is 17.6. The van der Waals surface area contributed by atoms with Crippen LogP contribution in [-0.4, -0.2) is 40.8 Å². The summed E-state index contributed by atoms with van der Waals surface area (Å²) in [6, 6.07) is 4.03. The van der Waals surface area contributed by atoms with E-state index >= 15 is 0 Å². The van der Waals surface area contributed by atoms with E-state index in [4.69, 9.17) is 5.73 Å². The fourth-order valence-electron chi connectivity index (χ4n) is 5.41. The molecule has 1 saturated heterocycles. The van der Waals surface area contributed by atoms with Crippen LogP contribution in [-0.2, 0) is 9.59 Å². The summed E-state index contributed by atoms with van der Waals surface area (Å²) in [5.41, 5.74) is 7.45. The summed E-state index contributed by atoms with van der Waals surface area (Å²) in [7, 11) is 0. The van der Waals surface area contributed by atoms with Gasteiger partial charge in [0, 0.05) is 31.2 Å². The van der Waals surface area contributed by atoms with E-state index < -0.39 is 0 Å². The van der Waals surface area contributed by atoms with Gasteiger partial charge in [0.15, 0.2) is 0 Å². The van der Waals surface area contributed by atoms with Crippen LogP contribution in [0, 0.1) is 30.6 Å². The Labute approximate surface area is 191 Å². The molecule has 1 aromatic rings. The molecule has 8 heteroatoms. The van der Waals surface area contributed by atoms with Gasteiger partial charge in [0.25, 0.3) is 0 Å². The van der Waals surface area contributed by atoms with Crippen LogP contribution in [0.3, 0.4) is 0 Å². The first kappa shape index (κ1) is 24.9. The Morgan fingerprint density at radius 1 is 1.07 bits per heavy atom. The van der Waals surface area contributed by atoms with Crippen molar-refractivity contribution in [3.05, 3.63) is 23.9 Å². The van der Waals surface area contributed by atoms with Crippen molar-refractivity contribution >= 4 is 42.4 Å². The van der Waals surface area contributed by atoms with E-state index in [-0.39, 0.29) is 54.5 Å². The van der Waals surface area contributed by atoms with Gasteiger partial charge >= 0.3 is 0 Å². The Kier molecular flexibility index (Phi) is 8.95. The monoisotopic (exact) mass is 456 g/mol. The standard InChI is InChI=1S/C22H32N4O2.2ClH/c1-14-7-8-19(24-12-14)25-21(27)17-6-3-9-26(13-17)22(28)18-10-15-4-2-5-16(11-18)20(15)23;;/h7-8,12,15-18,20H,2-6,9-11,13,23H2,1H3,(H,24,25,27);2*1H. The number of anilines is 1. The molecule has 168 valence electrons. The molecule has 30 heavy (non-hydrogen) atoms.